The third kappa shape index (κ3) is 4.01. The molecule has 0 saturated carbocycles. The molecule has 11 heavy (non-hydrogen) atoms. The molecule has 1 N–H and O–H groups in total. The average molecular weight is 179 g/mol. The zero-order valence-electron chi connectivity index (χ0n) is 6.50. The number of aliphatic hydroxyl groups is 1. The highest BCUT2D eigenvalue weighted by atomic mass is 35.5. The summed E-state index contributed by atoms with van der Waals surface area (Å²) in [5.41, 5.74) is 0. The largest absolute Gasteiger partial charge is 0.431 e. The number of carbonyl (C=O) groups excluding carboxylic acids is 1. The van der Waals surface area contributed by atoms with Crippen LogP contribution in [0.1, 0.15) is 13.8 Å². The van der Waals surface area contributed by atoms with Gasteiger partial charge < -0.3 is 9.84 Å². The Labute approximate surface area is 70.6 Å². The number of ether oxygens (including phenoxy) is 1. The van der Waals surface area contributed by atoms with Crippen molar-refractivity contribution in [1.29, 1.82) is 0 Å². The minimum Gasteiger partial charge on any atom is -0.431 e. The summed E-state index contributed by atoms with van der Waals surface area (Å²) >= 11 is 5.20. The molecule has 0 aliphatic rings. The van der Waals surface area contributed by atoms with E-state index in [1.54, 1.807) is 13.8 Å². The minimum atomic E-state index is -1.11. The van der Waals surface area contributed by atoms with Gasteiger partial charge in [-0.15, -0.1) is 0 Å². The van der Waals surface area contributed by atoms with Crippen LogP contribution in [0.2, 0.25) is 0 Å². The van der Waals surface area contributed by atoms with Gasteiger partial charge in [0.15, 0.2) is 0 Å². The van der Waals surface area contributed by atoms with Crippen molar-refractivity contribution in [1.82, 2.24) is 0 Å². The van der Waals surface area contributed by atoms with E-state index in [-0.39, 0.29) is 11.0 Å². The van der Waals surface area contributed by atoms with Crippen molar-refractivity contribution < 1.29 is 14.6 Å². The summed E-state index contributed by atoms with van der Waals surface area (Å²) in [7, 11) is 0. The molecule has 1 unspecified atom stereocenters. The number of hydrogen-bond donors (Lipinski definition) is 1. The molecule has 4 heteroatoms. The van der Waals surface area contributed by atoms with Crippen LogP contribution in [-0.2, 0) is 9.53 Å². The average Bonchev–Trinajstić information content (AvgIpc) is 1.87. The Morgan fingerprint density at radius 2 is 2.09 bits per heavy atom. The lowest BCUT2D eigenvalue weighted by Crippen LogP contribution is -2.22. The van der Waals surface area contributed by atoms with Crippen molar-refractivity contribution in [3.05, 3.63) is 11.6 Å². The molecule has 1 atom stereocenters. The Kier molecular flexibility index (Phi) is 4.15. The predicted octanol–water partition coefficient (Wildman–Crippen LogP) is 1.26. The zero-order valence-corrected chi connectivity index (χ0v) is 7.26. The van der Waals surface area contributed by atoms with Gasteiger partial charge in [-0.1, -0.05) is 32.0 Å². The van der Waals surface area contributed by atoms with Crippen molar-refractivity contribution in [2.75, 3.05) is 0 Å². The van der Waals surface area contributed by atoms with E-state index in [2.05, 4.69) is 11.3 Å². The quantitative estimate of drug-likeness (QED) is 0.402. The lowest BCUT2D eigenvalue weighted by molar-refractivity contribution is -0.169. The first-order valence-corrected chi connectivity index (χ1v) is 3.56. The monoisotopic (exact) mass is 178 g/mol. The molecule has 0 rings (SSSR count). The van der Waals surface area contributed by atoms with Crippen LogP contribution in [0.15, 0.2) is 11.6 Å². The number of rotatable bonds is 3. The molecule has 0 heterocycles. The van der Waals surface area contributed by atoms with Gasteiger partial charge in [0, 0.05) is 5.92 Å². The smallest absolute Gasteiger partial charge is 0.351 e. The summed E-state index contributed by atoms with van der Waals surface area (Å²) in [6, 6.07) is 0. The van der Waals surface area contributed by atoms with E-state index in [1.165, 1.54) is 0 Å². The molecule has 0 radical (unpaired) electrons. The van der Waals surface area contributed by atoms with E-state index >= 15 is 0 Å². The molecule has 0 aliphatic heterocycles. The first-order valence-electron chi connectivity index (χ1n) is 3.18. The molecule has 0 saturated heterocycles. The van der Waals surface area contributed by atoms with Crippen LogP contribution < -0.4 is 0 Å². The van der Waals surface area contributed by atoms with Gasteiger partial charge in [-0.3, -0.25) is 0 Å². The van der Waals surface area contributed by atoms with Crippen LogP contribution in [0.25, 0.3) is 0 Å². The van der Waals surface area contributed by atoms with E-state index < -0.39 is 12.3 Å². The van der Waals surface area contributed by atoms with Crippen molar-refractivity contribution >= 4 is 17.6 Å². The number of aliphatic hydroxyl groups excluding tert-OH is 1. The molecule has 0 bridgehead atoms. The predicted molar refractivity (Wildman–Crippen MR) is 41.9 cm³/mol. The molecule has 0 aliphatic carbocycles. The van der Waals surface area contributed by atoms with Crippen molar-refractivity contribution in [3.63, 3.8) is 0 Å². The molecule has 0 aromatic heterocycles. The summed E-state index contributed by atoms with van der Waals surface area (Å²) in [4.78, 5) is 10.6. The molecule has 64 valence electrons. The normalized spacial score (nSPS) is 12.8. The lowest BCUT2D eigenvalue weighted by atomic mass is 10.2. The SMILES string of the molecule is C=C(Cl)C(=O)OC(O)C(C)C. The second-order valence-corrected chi connectivity index (χ2v) is 2.90. The summed E-state index contributed by atoms with van der Waals surface area (Å²) in [6.07, 6.45) is -1.11. The van der Waals surface area contributed by atoms with E-state index in [0.29, 0.717) is 0 Å². The molecule has 0 fully saturated rings. The maximum atomic E-state index is 10.6. The van der Waals surface area contributed by atoms with Gasteiger partial charge >= 0.3 is 5.97 Å². The minimum absolute atomic E-state index is 0.144. The number of hydrogen-bond acceptors (Lipinski definition) is 3. The second kappa shape index (κ2) is 4.36. The van der Waals surface area contributed by atoms with E-state index in [4.69, 9.17) is 16.7 Å². The van der Waals surface area contributed by atoms with E-state index in [0.717, 1.165) is 0 Å². The van der Waals surface area contributed by atoms with Crippen LogP contribution in [0.4, 0.5) is 0 Å². The third-order valence-electron chi connectivity index (χ3n) is 1.02. The van der Waals surface area contributed by atoms with Crippen LogP contribution >= 0.6 is 11.6 Å². The van der Waals surface area contributed by atoms with Crippen LogP contribution in [-0.4, -0.2) is 17.4 Å². The first kappa shape index (κ1) is 10.5. The summed E-state index contributed by atoms with van der Waals surface area (Å²) < 4.78 is 4.46. The van der Waals surface area contributed by atoms with E-state index in [1.807, 2.05) is 0 Å². The molecular weight excluding hydrogens is 168 g/mol. The van der Waals surface area contributed by atoms with Gasteiger partial charge in [0.05, 0.1) is 0 Å². The molecule has 0 aromatic carbocycles. The maximum Gasteiger partial charge on any atom is 0.351 e. The van der Waals surface area contributed by atoms with Gasteiger partial charge in [0.2, 0.25) is 6.29 Å². The Morgan fingerprint density at radius 3 is 2.36 bits per heavy atom. The van der Waals surface area contributed by atoms with E-state index in [9.17, 15) is 4.79 Å². The third-order valence-corrected chi connectivity index (χ3v) is 1.17. The van der Waals surface area contributed by atoms with Gasteiger partial charge in [0.25, 0.3) is 0 Å². The highest BCUT2D eigenvalue weighted by Crippen LogP contribution is 2.07. The topological polar surface area (TPSA) is 46.5 Å². The number of carbonyl (C=O) groups is 1. The Bertz CT molecular complexity index is 165. The Hall–Kier alpha value is -0.540. The second-order valence-electron chi connectivity index (χ2n) is 2.44. The summed E-state index contributed by atoms with van der Waals surface area (Å²) in [5.74, 6) is -0.928. The fourth-order valence-electron chi connectivity index (χ4n) is 0.310. The fraction of sp³-hybridized carbons (Fsp3) is 0.571. The van der Waals surface area contributed by atoms with Crippen LogP contribution in [0.3, 0.4) is 0 Å². The molecule has 0 aromatic rings. The first-order chi connectivity index (χ1) is 4.95. The van der Waals surface area contributed by atoms with Gasteiger partial charge in [-0.05, 0) is 0 Å². The maximum absolute atomic E-state index is 10.6. The number of halogens is 1. The molecule has 0 amide bonds. The Morgan fingerprint density at radius 1 is 1.64 bits per heavy atom. The highest BCUT2D eigenvalue weighted by molar-refractivity contribution is 6.40. The fourth-order valence-corrected chi connectivity index (χ4v) is 0.354. The highest BCUT2D eigenvalue weighted by Gasteiger charge is 2.15. The summed E-state index contributed by atoms with van der Waals surface area (Å²) in [5, 5.41) is 8.77. The zero-order chi connectivity index (χ0) is 9.02. The molecule has 0 spiro atoms. The summed E-state index contributed by atoms with van der Waals surface area (Å²) in [6.45, 7) is 6.58. The molecule has 3 nitrogen and oxygen atoms in total. The lowest BCUT2D eigenvalue weighted by Gasteiger charge is -2.14. The van der Waals surface area contributed by atoms with Gasteiger partial charge in [0.1, 0.15) is 5.03 Å². The van der Waals surface area contributed by atoms with Gasteiger partial charge in [-0.25, -0.2) is 4.79 Å². The number of esters is 1. The van der Waals surface area contributed by atoms with Crippen LogP contribution in [0.5, 0.6) is 0 Å². The van der Waals surface area contributed by atoms with Crippen LogP contribution in [0, 0.1) is 5.92 Å². The molecular formula is C7H11ClO3. The Balaban J connectivity index is 3.85. The standard InChI is InChI=1S/C7H11ClO3/c1-4(2)6(9)11-7(10)5(3)8/h4,6,9H,3H2,1-2H3. The van der Waals surface area contributed by atoms with Crippen molar-refractivity contribution in [3.8, 4) is 0 Å². The van der Waals surface area contributed by atoms with Crippen molar-refractivity contribution in [2.45, 2.75) is 20.1 Å². The van der Waals surface area contributed by atoms with Gasteiger partial charge in [-0.2, -0.15) is 0 Å². The van der Waals surface area contributed by atoms with Crippen molar-refractivity contribution in [2.24, 2.45) is 5.92 Å².